The maximum absolute atomic E-state index is 13.1. The average molecular weight is 366 g/mol. The molecule has 5 rings (SSSR count). The second kappa shape index (κ2) is 6.32. The van der Waals surface area contributed by atoms with Crippen LogP contribution in [0.5, 0.6) is 5.88 Å². The molecule has 1 fully saturated rings. The molecule has 0 bridgehead atoms. The molecule has 0 saturated carbocycles. The standard InChI is InChI=1S/C19H18N4O2S/c24-18(13-5-7-20-17(11-13)25-14-6-10-26-12-14)23-9-8-22-16-4-2-1-3-15(16)21-19(22)23/h1-5,7,11,14H,6,8-10,12H2/t14-/m1/s1. The number of hydrogen-bond donors (Lipinski definition) is 0. The molecular formula is C19H18N4O2S. The van der Waals surface area contributed by atoms with Gasteiger partial charge in [-0.25, -0.2) is 9.97 Å². The molecule has 26 heavy (non-hydrogen) atoms. The van der Waals surface area contributed by atoms with Crippen LogP contribution in [0.3, 0.4) is 0 Å². The predicted octanol–water partition coefficient (Wildman–Crippen LogP) is 2.98. The molecule has 6 nitrogen and oxygen atoms in total. The Bertz CT molecular complexity index is 981. The highest BCUT2D eigenvalue weighted by Crippen LogP contribution is 2.29. The van der Waals surface area contributed by atoms with Crippen molar-refractivity contribution in [1.82, 2.24) is 14.5 Å². The molecule has 1 aromatic carbocycles. The average Bonchev–Trinajstić information content (AvgIpc) is 3.38. The molecule has 0 unspecified atom stereocenters. The van der Waals surface area contributed by atoms with Crippen LogP contribution in [0.2, 0.25) is 0 Å². The number of amides is 1. The third kappa shape index (κ3) is 2.63. The fourth-order valence-electron chi connectivity index (χ4n) is 3.52. The first-order chi connectivity index (χ1) is 12.8. The number of thioether (sulfide) groups is 1. The molecule has 0 radical (unpaired) electrons. The molecule has 2 aromatic heterocycles. The summed E-state index contributed by atoms with van der Waals surface area (Å²) in [5, 5.41) is 0. The van der Waals surface area contributed by atoms with Crippen LogP contribution in [0.25, 0.3) is 11.0 Å². The van der Waals surface area contributed by atoms with Gasteiger partial charge in [0.25, 0.3) is 5.91 Å². The van der Waals surface area contributed by atoms with E-state index in [-0.39, 0.29) is 12.0 Å². The highest BCUT2D eigenvalue weighted by atomic mass is 32.2. The molecule has 2 aliphatic heterocycles. The van der Waals surface area contributed by atoms with Gasteiger partial charge in [-0.15, -0.1) is 0 Å². The molecule has 132 valence electrons. The first kappa shape index (κ1) is 15.7. The smallest absolute Gasteiger partial charge is 0.260 e. The summed E-state index contributed by atoms with van der Waals surface area (Å²) in [4.78, 5) is 23.7. The fraction of sp³-hybridized carbons (Fsp3) is 0.316. The number of aromatic nitrogens is 3. The Morgan fingerprint density at radius 2 is 2.15 bits per heavy atom. The largest absolute Gasteiger partial charge is 0.473 e. The van der Waals surface area contributed by atoms with Crippen LogP contribution in [-0.4, -0.2) is 44.6 Å². The van der Waals surface area contributed by atoms with Crippen LogP contribution in [0, 0.1) is 0 Å². The van der Waals surface area contributed by atoms with Gasteiger partial charge in [0.2, 0.25) is 11.8 Å². The van der Waals surface area contributed by atoms with Crippen molar-refractivity contribution in [2.45, 2.75) is 19.1 Å². The summed E-state index contributed by atoms with van der Waals surface area (Å²) in [5.41, 5.74) is 2.56. The zero-order valence-electron chi connectivity index (χ0n) is 14.2. The number of imidazole rings is 1. The van der Waals surface area contributed by atoms with E-state index in [2.05, 4.69) is 14.5 Å². The minimum Gasteiger partial charge on any atom is -0.473 e. The van der Waals surface area contributed by atoms with Crippen molar-refractivity contribution >= 4 is 34.7 Å². The second-order valence-corrected chi connectivity index (χ2v) is 7.64. The first-order valence-corrected chi connectivity index (χ1v) is 9.93. The Labute approximate surface area is 155 Å². The SMILES string of the molecule is O=C(c1ccnc(O[C@@H]2CCSC2)c1)N1CCn2c1nc1ccccc12. The van der Waals surface area contributed by atoms with Crippen molar-refractivity contribution in [3.8, 4) is 5.88 Å². The van der Waals surface area contributed by atoms with Crippen molar-refractivity contribution in [2.75, 3.05) is 23.0 Å². The predicted molar refractivity (Wildman–Crippen MR) is 102 cm³/mol. The van der Waals surface area contributed by atoms with E-state index in [1.54, 1.807) is 23.2 Å². The summed E-state index contributed by atoms with van der Waals surface area (Å²) < 4.78 is 8.02. The quantitative estimate of drug-likeness (QED) is 0.713. The summed E-state index contributed by atoms with van der Waals surface area (Å²) in [6.45, 7) is 1.39. The number of fused-ring (bicyclic) bond motifs is 3. The summed E-state index contributed by atoms with van der Waals surface area (Å²) in [6.07, 6.45) is 2.86. The molecule has 4 heterocycles. The number of pyridine rings is 1. The van der Waals surface area contributed by atoms with Gasteiger partial charge in [-0.1, -0.05) is 12.1 Å². The molecule has 3 aromatic rings. The van der Waals surface area contributed by atoms with E-state index < -0.39 is 0 Å². The summed E-state index contributed by atoms with van der Waals surface area (Å²) >= 11 is 1.89. The normalized spacial score (nSPS) is 19.1. The van der Waals surface area contributed by atoms with E-state index in [0.29, 0.717) is 23.9 Å². The number of benzene rings is 1. The van der Waals surface area contributed by atoms with Gasteiger partial charge in [-0.2, -0.15) is 11.8 Å². The van der Waals surface area contributed by atoms with Crippen LogP contribution in [0.4, 0.5) is 5.95 Å². The van der Waals surface area contributed by atoms with Gasteiger partial charge < -0.3 is 9.30 Å². The number of para-hydroxylation sites is 2. The van der Waals surface area contributed by atoms with E-state index in [1.165, 1.54) is 0 Å². The lowest BCUT2D eigenvalue weighted by Gasteiger charge is -2.15. The lowest BCUT2D eigenvalue weighted by Crippen LogP contribution is -2.29. The molecule has 2 aliphatic rings. The van der Waals surface area contributed by atoms with Crippen LogP contribution in [0.15, 0.2) is 42.6 Å². The Balaban J connectivity index is 1.42. The third-order valence-electron chi connectivity index (χ3n) is 4.83. The van der Waals surface area contributed by atoms with Gasteiger partial charge in [0, 0.05) is 36.7 Å². The molecule has 1 amide bonds. The first-order valence-electron chi connectivity index (χ1n) is 8.77. The lowest BCUT2D eigenvalue weighted by molar-refractivity contribution is 0.0987. The molecule has 0 spiro atoms. The van der Waals surface area contributed by atoms with Crippen LogP contribution >= 0.6 is 11.8 Å². The van der Waals surface area contributed by atoms with Crippen molar-refractivity contribution in [3.05, 3.63) is 48.2 Å². The number of nitrogens with zero attached hydrogens (tertiary/aromatic N) is 4. The van der Waals surface area contributed by atoms with E-state index in [9.17, 15) is 4.79 Å². The lowest BCUT2D eigenvalue weighted by atomic mass is 10.2. The zero-order valence-corrected chi connectivity index (χ0v) is 15.0. The number of carbonyl (C=O) groups excluding carboxylic acids is 1. The van der Waals surface area contributed by atoms with Gasteiger partial charge >= 0.3 is 0 Å². The number of ether oxygens (including phenoxy) is 1. The summed E-state index contributed by atoms with van der Waals surface area (Å²) in [5.74, 6) is 3.27. The highest BCUT2D eigenvalue weighted by molar-refractivity contribution is 7.99. The fourth-order valence-corrected chi connectivity index (χ4v) is 4.61. The van der Waals surface area contributed by atoms with Crippen LogP contribution < -0.4 is 9.64 Å². The third-order valence-corrected chi connectivity index (χ3v) is 5.96. The number of hydrogen-bond acceptors (Lipinski definition) is 5. The van der Waals surface area contributed by atoms with Crippen LogP contribution in [0.1, 0.15) is 16.8 Å². The molecule has 1 saturated heterocycles. The van der Waals surface area contributed by atoms with Crippen molar-refractivity contribution in [2.24, 2.45) is 0 Å². The Hall–Kier alpha value is -2.54. The maximum Gasteiger partial charge on any atom is 0.260 e. The minimum atomic E-state index is -0.0629. The van der Waals surface area contributed by atoms with E-state index in [4.69, 9.17) is 4.74 Å². The summed E-state index contributed by atoms with van der Waals surface area (Å²) in [7, 11) is 0. The van der Waals surface area contributed by atoms with Crippen LogP contribution in [-0.2, 0) is 6.54 Å². The second-order valence-electron chi connectivity index (χ2n) is 6.50. The van der Waals surface area contributed by atoms with Gasteiger partial charge in [-0.3, -0.25) is 9.69 Å². The van der Waals surface area contributed by atoms with E-state index >= 15 is 0 Å². The Morgan fingerprint density at radius 1 is 1.23 bits per heavy atom. The molecule has 0 N–H and O–H groups in total. The number of anilines is 1. The topological polar surface area (TPSA) is 60.2 Å². The van der Waals surface area contributed by atoms with E-state index in [1.807, 2.05) is 36.0 Å². The van der Waals surface area contributed by atoms with Crippen molar-refractivity contribution < 1.29 is 9.53 Å². The maximum atomic E-state index is 13.1. The number of carbonyl (C=O) groups is 1. The van der Waals surface area contributed by atoms with Gasteiger partial charge in [-0.05, 0) is 30.4 Å². The Kier molecular flexibility index (Phi) is 3.81. The monoisotopic (exact) mass is 366 g/mol. The van der Waals surface area contributed by atoms with Crippen molar-refractivity contribution in [1.29, 1.82) is 0 Å². The molecule has 1 atom stereocenters. The van der Waals surface area contributed by atoms with Gasteiger partial charge in [0.05, 0.1) is 11.0 Å². The van der Waals surface area contributed by atoms with Crippen molar-refractivity contribution in [3.63, 3.8) is 0 Å². The zero-order chi connectivity index (χ0) is 17.5. The number of rotatable bonds is 3. The highest BCUT2D eigenvalue weighted by Gasteiger charge is 2.29. The Morgan fingerprint density at radius 3 is 3.04 bits per heavy atom. The van der Waals surface area contributed by atoms with Gasteiger partial charge in [0.15, 0.2) is 0 Å². The minimum absolute atomic E-state index is 0.0629. The molecule has 7 heteroatoms. The molecular weight excluding hydrogens is 348 g/mol. The summed E-state index contributed by atoms with van der Waals surface area (Å²) in [6, 6.07) is 11.5. The van der Waals surface area contributed by atoms with E-state index in [0.717, 1.165) is 35.5 Å². The van der Waals surface area contributed by atoms with Gasteiger partial charge in [0.1, 0.15) is 6.10 Å². The molecule has 0 aliphatic carbocycles.